The van der Waals surface area contributed by atoms with Gasteiger partial charge in [-0.25, -0.2) is 55.7 Å². The number of aldehydes is 3. The van der Waals surface area contributed by atoms with Crippen LogP contribution in [-0.4, -0.2) is 196 Å². The molecule has 0 aliphatic carbocycles. The number of carboxylic acid groups (broad SMARTS) is 3. The van der Waals surface area contributed by atoms with Gasteiger partial charge in [0.25, 0.3) is 10.0 Å². The number of nitrogens with one attached hydrogen (secondary N) is 4. The number of sulfonamides is 1. The molecule has 1 fully saturated rings. The number of aromatic hydroxyl groups is 4. The molecule has 0 saturated carbocycles. The van der Waals surface area contributed by atoms with E-state index in [0.717, 1.165) is 49.2 Å². The molecule has 34 nitrogen and oxygen atoms in total. The first-order valence-electron chi connectivity index (χ1n) is 45.2. The number of aliphatic carboxylic acids is 3. The average molecular weight is 2290 g/mol. The van der Waals surface area contributed by atoms with E-state index in [-0.39, 0.29) is 168 Å². The number of carbonyl (C=O) groups excluding carboxylic acids is 8. The van der Waals surface area contributed by atoms with Gasteiger partial charge in [0.1, 0.15) is 92.6 Å². The molecular weight excluding hydrogens is 2160 g/mol. The smallest absolute Gasteiger partial charge is 0.508 e. The standard InChI is InChI=1S/C20H17OP.C19H26ClNO5.C18H27ClN2O5.C14H13ClF2N2O4S2.C9H7ClO2.C9H18N2O4.C7H5ClO2.C4H8O.C2H2FO3.2K/c21-16-17-22(18-10-4-1-5-11-18,19-12-6-2-7-13-19)20-14-8-3-9-15-20;1-19(2,3)26-18(25)21-15(17(23)24)9-7-5-4-6-8-13-12-14(20)10-11-16(13)22;1-18(2,3)26-17(25)21-14(16(23)24)8-10-20-9-4-5-12-11-13(19)6-7-15(12)22;1-14(2,3)23-13(20)19(12-6-24-7-18-12)25(21,22)11-4-8(15)9(16)5-10(11)17;10-8-3-4-9(12)7(6-8)2-1-5-11;1-9(2,3)15-8(14)11-6(4-5-10)7(12)13;8-6-1-2-7(10)5(3-6)4-9;1-2-4-5-3-1;3-1-5-6-2-4;;/h1-17H;6,8,10-12,15,22H,4-5,7,9H2,1-3H3,(H,21,25)(H,23,24);6-7,11,14,20,22H,4-5,8-10H2,1-3H3,(H,21,25)(H,23,24);4-7H,1-3H3;1-6,12H;6H,4-5,10H2,1-3H3,(H,11,14)(H,12,13);1-4,10H;1-4H2;1-2H;;/q;;;;;;;;-1;2*+1/b;8-6+;;;2-1+;;;;;;/t;15-;14-;;;6-;;;;;/m.00..0...../s1/i;;;;;;;;2D;;. The van der Waals surface area contributed by atoms with Crippen LogP contribution in [0.15, 0.2) is 204 Å². The molecule has 802 valence electrons. The fourth-order valence-electron chi connectivity index (χ4n) is 11.8. The number of phenolic OH excluding ortho intramolecular Hbond substituents is 4. The molecule has 1 aliphatic heterocycles. The van der Waals surface area contributed by atoms with Crippen LogP contribution in [0.25, 0.3) is 12.2 Å². The van der Waals surface area contributed by atoms with Crippen molar-refractivity contribution in [2.75, 3.05) is 37.2 Å². The zero-order chi connectivity index (χ0) is 112. The van der Waals surface area contributed by atoms with Crippen molar-refractivity contribution < 1.29 is 248 Å². The van der Waals surface area contributed by atoms with Crippen LogP contribution < -0.4 is 150 Å². The zero-order valence-electron chi connectivity index (χ0n) is 85.5. The molecule has 9 aromatic rings. The van der Waals surface area contributed by atoms with E-state index < -0.39 is 128 Å². The Morgan fingerprint density at radius 1 is 0.550 bits per heavy atom. The fourth-order valence-corrected chi connectivity index (χ4v) is 18.2. The first kappa shape index (κ1) is 138. The molecule has 149 heavy (non-hydrogen) atoms. The second-order valence-corrected chi connectivity index (χ2v) is 42.4. The van der Waals surface area contributed by atoms with Crippen LogP contribution in [0.2, 0.25) is 25.1 Å². The number of benzene rings is 8. The van der Waals surface area contributed by atoms with Crippen molar-refractivity contribution in [3.8, 4) is 23.0 Å². The third kappa shape index (κ3) is 58.3. The summed E-state index contributed by atoms with van der Waals surface area (Å²) in [6.07, 6.45) is 10.4. The number of ether oxygens (including phenoxy) is 5. The second-order valence-electron chi connectivity index (χ2n) is 34.5. The SMILES string of the molecule is C1CCOC1.CC(C)(C)OC(=O)N(c1cscn1)S(=O)(=O)c1cc(Cl)c(F)cc1F.CC(C)(C)OC(=O)N[C@@H](CCCC/C=C/c1cc(Cl)ccc1O)C(=O)O.CC(C)(C)OC(=O)N[C@@H](CCN)C(=O)O.CC(C)(C)OC(=O)N[C@@H](CCNCCCc1cc(Cl)ccc1O)C(=O)O.O=C/C=C/c1cc(Cl)ccc1O.O=CC=P(c1ccccc1)(c1ccccc1)c1ccccc1.O=Cc1cc(Cl)ccc1O.[2H]C(=O)OO[CH-]F.[K+].[K+]. The number of carbonyl (C=O) groups is 11. The van der Waals surface area contributed by atoms with Crippen molar-refractivity contribution in [2.24, 2.45) is 5.73 Å². The van der Waals surface area contributed by atoms with Crippen LogP contribution in [0.5, 0.6) is 23.0 Å². The van der Waals surface area contributed by atoms with Gasteiger partial charge in [0.2, 0.25) is 0 Å². The van der Waals surface area contributed by atoms with Crippen molar-refractivity contribution in [3.63, 3.8) is 0 Å². The largest absolute Gasteiger partial charge is 1.00 e. The number of carboxylic acids is 3. The van der Waals surface area contributed by atoms with E-state index in [1.165, 1.54) is 103 Å². The normalized spacial score (nSPS) is 12.0. The third-order valence-corrected chi connectivity index (χ3v) is 25.5. The molecule has 0 unspecified atom stereocenters. The summed E-state index contributed by atoms with van der Waals surface area (Å²) in [6, 6.07) is 47.5. The number of phenols is 4. The number of halogens is 8. The summed E-state index contributed by atoms with van der Waals surface area (Å²) in [4.78, 5) is 130. The number of hydrogen-bond donors (Lipinski definition) is 12. The average Bonchev–Trinajstić information content (AvgIpc) is 0.780. The molecular formula is C102H123Cl5F3K2N7O27PS2+. The number of unbranched alkanes of at least 4 members (excludes halogenated alkanes) is 2. The Kier molecular flexibility index (Phi) is 68.2. The van der Waals surface area contributed by atoms with Crippen molar-refractivity contribution in [1.82, 2.24) is 26.3 Å². The van der Waals surface area contributed by atoms with Crippen molar-refractivity contribution >= 4 is 194 Å². The molecule has 8 aromatic carbocycles. The number of hydrogen-bond acceptors (Lipinski definition) is 28. The number of nitrogens with two attached hydrogens (primary N) is 1. The number of aryl methyl sites for hydroxylation is 1. The van der Waals surface area contributed by atoms with E-state index in [1.807, 2.05) is 66.5 Å². The summed E-state index contributed by atoms with van der Waals surface area (Å²) < 4.78 is 94.8. The maximum absolute atomic E-state index is 14.1. The first-order valence-corrected chi connectivity index (χ1v) is 50.9. The Balaban J connectivity index is 0.00000172. The Hall–Kier alpha value is -9.36. The van der Waals surface area contributed by atoms with Gasteiger partial charge < -0.3 is 101 Å². The fraction of sp³-hybridized carbons (Fsp3) is 0.333. The molecule has 1 aromatic heterocycles. The number of amides is 4. The molecule has 2 heterocycles. The van der Waals surface area contributed by atoms with Crippen LogP contribution in [0.3, 0.4) is 0 Å². The third-order valence-electron chi connectivity index (χ3n) is 18.1. The van der Waals surface area contributed by atoms with Gasteiger partial charge in [-0.1, -0.05) is 168 Å². The summed E-state index contributed by atoms with van der Waals surface area (Å²) in [7, 11) is -4.79. The van der Waals surface area contributed by atoms with Crippen LogP contribution in [-0.2, 0) is 78.7 Å². The van der Waals surface area contributed by atoms with E-state index in [9.17, 15) is 99.9 Å². The Morgan fingerprint density at radius 2 is 0.973 bits per heavy atom. The maximum Gasteiger partial charge on any atom is 1.00 e. The van der Waals surface area contributed by atoms with Gasteiger partial charge in [-0.15, -0.1) is 15.6 Å². The van der Waals surface area contributed by atoms with Gasteiger partial charge in [0, 0.05) is 55.9 Å². The Morgan fingerprint density at radius 3 is 1.35 bits per heavy atom. The minimum atomic E-state index is -4.79. The number of alkyl carbamates (subject to hydrolysis) is 3. The monoisotopic (exact) mass is 2280 g/mol. The molecule has 47 heteroatoms. The van der Waals surface area contributed by atoms with E-state index in [1.54, 1.807) is 111 Å². The zero-order valence-corrected chi connectivity index (χ0v) is 97.0. The quantitative estimate of drug-likeness (QED) is 0.00174. The van der Waals surface area contributed by atoms with Crippen molar-refractivity contribution in [1.29, 1.82) is 0 Å². The molecule has 13 N–H and O–H groups in total. The minimum Gasteiger partial charge on any atom is -0.508 e. The van der Waals surface area contributed by atoms with Gasteiger partial charge in [0.05, 0.1) is 16.1 Å². The number of aromatic nitrogens is 1. The van der Waals surface area contributed by atoms with Crippen LogP contribution in [0.1, 0.15) is 169 Å². The van der Waals surface area contributed by atoms with Crippen LogP contribution >= 0.6 is 76.2 Å². The van der Waals surface area contributed by atoms with Gasteiger partial charge in [-0.3, -0.25) is 19.2 Å². The molecule has 0 bridgehead atoms. The molecule has 3 atom stereocenters. The second kappa shape index (κ2) is 73.8. The maximum atomic E-state index is 14.1. The summed E-state index contributed by atoms with van der Waals surface area (Å²) in [5.74, 6) is -3.84. The van der Waals surface area contributed by atoms with Gasteiger partial charge in [-0.05, 0) is 293 Å². The van der Waals surface area contributed by atoms with Crippen molar-refractivity contribution in [3.05, 3.63) is 265 Å². The summed E-state index contributed by atoms with van der Waals surface area (Å²) in [5, 5.41) is 81.2. The molecule has 1 aliphatic rings. The van der Waals surface area contributed by atoms with Crippen LogP contribution in [0, 0.1) is 18.5 Å². The number of rotatable bonds is 33. The van der Waals surface area contributed by atoms with Crippen LogP contribution in [0.4, 0.5) is 38.2 Å². The summed E-state index contributed by atoms with van der Waals surface area (Å²) in [6.45, 7) is 20.8. The first-order chi connectivity index (χ1) is 69.5. The topological polar surface area (TPSA) is 518 Å². The van der Waals surface area contributed by atoms with E-state index in [2.05, 4.69) is 72.4 Å². The Labute approximate surface area is 980 Å². The number of allylic oxidation sites excluding steroid dienone is 2. The van der Waals surface area contributed by atoms with Crippen molar-refractivity contribution in [2.45, 2.75) is 193 Å². The van der Waals surface area contributed by atoms with Gasteiger partial charge in [-0.2, -0.15) is 0 Å². The summed E-state index contributed by atoms with van der Waals surface area (Å²) in [5.41, 5.74) is 5.64. The molecule has 0 radical (unpaired) electrons. The summed E-state index contributed by atoms with van der Waals surface area (Å²) >= 11 is 29.5. The molecule has 1 saturated heterocycles. The molecule has 4 amide bonds. The number of nitrogens with zero attached hydrogens (tertiary/aromatic N) is 2. The van der Waals surface area contributed by atoms with E-state index in [0.29, 0.717) is 94.7 Å². The minimum absolute atomic E-state index is 0. The van der Waals surface area contributed by atoms with Gasteiger partial charge >= 0.3 is 151 Å². The predicted octanol–water partition coefficient (Wildman–Crippen LogP) is 14.1. The van der Waals surface area contributed by atoms with E-state index in [4.69, 9.17) is 99.0 Å². The molecule has 0 spiro atoms. The van der Waals surface area contributed by atoms with E-state index >= 15 is 0 Å². The predicted molar refractivity (Wildman–Crippen MR) is 563 cm³/mol. The van der Waals surface area contributed by atoms with Gasteiger partial charge in [0.15, 0.2) is 13.5 Å². The molecule has 10 rings (SSSR count). The Bertz CT molecular complexity index is 5840. The number of thiazole rings is 1. The number of anilines is 1.